The molecule has 0 saturated heterocycles. The zero-order chi connectivity index (χ0) is 21.9. The van der Waals surface area contributed by atoms with Crippen LogP contribution in [0.3, 0.4) is 0 Å². The van der Waals surface area contributed by atoms with Crippen molar-refractivity contribution in [3.05, 3.63) is 64.8 Å². The molecule has 0 radical (unpaired) electrons. The van der Waals surface area contributed by atoms with E-state index in [1.807, 2.05) is 33.8 Å². The quantitative estimate of drug-likeness (QED) is 0.542. The highest BCUT2D eigenvalue weighted by Crippen LogP contribution is 2.28. The Bertz CT molecular complexity index is 989. The monoisotopic (exact) mass is 412 g/mol. The van der Waals surface area contributed by atoms with Crippen LogP contribution in [0, 0.1) is 19.3 Å². The molecule has 0 aliphatic rings. The van der Waals surface area contributed by atoms with Crippen molar-refractivity contribution in [2.45, 2.75) is 33.2 Å². The first-order valence-electron chi connectivity index (χ1n) is 9.06. The van der Waals surface area contributed by atoms with E-state index in [1.165, 1.54) is 17.0 Å². The smallest absolute Gasteiger partial charge is 0.256 e. The van der Waals surface area contributed by atoms with Crippen molar-refractivity contribution < 1.29 is 9.18 Å². The summed E-state index contributed by atoms with van der Waals surface area (Å²) in [7, 11) is 3.16. The third kappa shape index (κ3) is 5.09. The normalized spacial score (nSPS) is 10.8. The van der Waals surface area contributed by atoms with E-state index in [0.717, 1.165) is 11.3 Å². The average Bonchev–Trinajstić information content (AvgIpc) is 2.60. The van der Waals surface area contributed by atoms with Crippen molar-refractivity contribution in [1.82, 2.24) is 4.90 Å². The van der Waals surface area contributed by atoms with Gasteiger partial charge in [0.05, 0.1) is 12.1 Å². The lowest BCUT2D eigenvalue weighted by atomic mass is 10.0. The fourth-order valence-electron chi connectivity index (χ4n) is 2.90. The summed E-state index contributed by atoms with van der Waals surface area (Å²) in [5.41, 5.74) is 2.27. The molecular formula is C22H25FN4OS. The first-order valence-corrected chi connectivity index (χ1v) is 9.47. The Morgan fingerprint density at radius 3 is 2.31 bits per heavy atom. The van der Waals surface area contributed by atoms with E-state index in [9.17, 15) is 9.18 Å². The second kappa shape index (κ2) is 8.58. The fraction of sp³-hybridized carbons (Fsp3) is 0.318. The van der Waals surface area contributed by atoms with Crippen LogP contribution in [0.1, 0.15) is 36.7 Å². The highest BCUT2D eigenvalue weighted by Gasteiger charge is 2.27. The minimum Gasteiger partial charge on any atom is -0.345 e. The number of nitrogens with one attached hydrogen (secondary N) is 1. The van der Waals surface area contributed by atoms with Crippen molar-refractivity contribution in [2.75, 3.05) is 24.3 Å². The maximum Gasteiger partial charge on any atom is 0.256 e. The molecular weight excluding hydrogens is 387 g/mol. The van der Waals surface area contributed by atoms with Gasteiger partial charge in [0, 0.05) is 31.0 Å². The molecule has 0 bridgehead atoms. The standard InChI is InChI=1S/C22H25FN4OS/c1-14-12-15(8-11-19(14)24-5)25-21(29)27(22(2,3)4)16-9-10-17(18(23)13-16)20(28)26(6)7/h8-13H,1-4,6-7H3,(H,25,29). The molecule has 1 N–H and O–H groups in total. The molecule has 0 atom stereocenters. The fourth-order valence-corrected chi connectivity index (χ4v) is 3.40. The van der Waals surface area contributed by atoms with Gasteiger partial charge in [-0.25, -0.2) is 9.24 Å². The van der Waals surface area contributed by atoms with Crippen LogP contribution in [-0.2, 0) is 0 Å². The van der Waals surface area contributed by atoms with Crippen LogP contribution in [0.5, 0.6) is 0 Å². The van der Waals surface area contributed by atoms with Crippen LogP contribution in [-0.4, -0.2) is 35.6 Å². The number of hydrogen-bond donors (Lipinski definition) is 1. The Hall–Kier alpha value is -2.98. The summed E-state index contributed by atoms with van der Waals surface area (Å²) >= 11 is 5.62. The molecule has 0 aliphatic carbocycles. The van der Waals surface area contributed by atoms with Gasteiger partial charge in [-0.3, -0.25) is 4.79 Å². The number of benzene rings is 2. The Morgan fingerprint density at radius 2 is 1.83 bits per heavy atom. The van der Waals surface area contributed by atoms with Crippen molar-refractivity contribution in [1.29, 1.82) is 0 Å². The molecule has 29 heavy (non-hydrogen) atoms. The maximum atomic E-state index is 14.7. The summed E-state index contributed by atoms with van der Waals surface area (Å²) in [4.78, 5) is 18.7. The first kappa shape index (κ1) is 22.3. The van der Waals surface area contributed by atoms with E-state index in [0.29, 0.717) is 16.5 Å². The molecule has 0 fully saturated rings. The average molecular weight is 413 g/mol. The molecule has 152 valence electrons. The summed E-state index contributed by atoms with van der Waals surface area (Å²) in [5, 5.41) is 3.56. The third-order valence-electron chi connectivity index (χ3n) is 4.29. The lowest BCUT2D eigenvalue weighted by Gasteiger charge is -2.38. The third-order valence-corrected chi connectivity index (χ3v) is 4.57. The van der Waals surface area contributed by atoms with Gasteiger partial charge < -0.3 is 15.1 Å². The van der Waals surface area contributed by atoms with Crippen LogP contribution in [0.15, 0.2) is 36.4 Å². The number of halogens is 1. The van der Waals surface area contributed by atoms with E-state index < -0.39 is 17.3 Å². The number of rotatable bonds is 3. The van der Waals surface area contributed by atoms with Gasteiger partial charge in [-0.1, -0.05) is 6.07 Å². The summed E-state index contributed by atoms with van der Waals surface area (Å²) in [5.74, 6) is -0.997. The molecule has 0 spiro atoms. The van der Waals surface area contributed by atoms with E-state index >= 15 is 0 Å². The predicted octanol–water partition coefficient (Wildman–Crippen LogP) is 5.39. The van der Waals surface area contributed by atoms with Gasteiger partial charge in [-0.2, -0.15) is 0 Å². The summed E-state index contributed by atoms with van der Waals surface area (Å²) in [6.07, 6.45) is 0. The molecule has 5 nitrogen and oxygen atoms in total. The van der Waals surface area contributed by atoms with Crippen LogP contribution in [0.25, 0.3) is 4.85 Å². The summed E-state index contributed by atoms with van der Waals surface area (Å²) in [6, 6.07) is 9.85. The van der Waals surface area contributed by atoms with E-state index in [2.05, 4.69) is 10.2 Å². The van der Waals surface area contributed by atoms with Gasteiger partial charge in [0.1, 0.15) is 5.82 Å². The van der Waals surface area contributed by atoms with Crippen LogP contribution in [0.2, 0.25) is 0 Å². The van der Waals surface area contributed by atoms with Gasteiger partial charge >= 0.3 is 0 Å². The Balaban J connectivity index is 2.38. The Labute approximate surface area is 176 Å². The van der Waals surface area contributed by atoms with Crippen LogP contribution < -0.4 is 10.2 Å². The second-order valence-electron chi connectivity index (χ2n) is 7.91. The van der Waals surface area contributed by atoms with Crippen LogP contribution >= 0.6 is 12.2 Å². The minimum atomic E-state index is -0.601. The molecule has 2 aromatic carbocycles. The van der Waals surface area contributed by atoms with Crippen molar-refractivity contribution >= 4 is 40.3 Å². The topological polar surface area (TPSA) is 39.9 Å². The van der Waals surface area contributed by atoms with E-state index in [4.69, 9.17) is 18.8 Å². The number of amides is 1. The first-order chi connectivity index (χ1) is 13.5. The number of thiocarbonyl (C=S) groups is 1. The van der Waals surface area contributed by atoms with E-state index in [-0.39, 0.29) is 5.56 Å². The van der Waals surface area contributed by atoms with Gasteiger partial charge in [-0.05, 0) is 75.8 Å². The van der Waals surface area contributed by atoms with Crippen LogP contribution in [0.4, 0.5) is 21.5 Å². The minimum absolute atomic E-state index is 0.0110. The number of nitrogens with zero attached hydrogens (tertiary/aromatic N) is 3. The molecule has 0 unspecified atom stereocenters. The molecule has 0 saturated carbocycles. The molecule has 2 rings (SSSR count). The number of anilines is 2. The zero-order valence-corrected chi connectivity index (χ0v) is 18.3. The summed E-state index contributed by atoms with van der Waals surface area (Å²) in [6.45, 7) is 14.9. The Morgan fingerprint density at radius 1 is 1.17 bits per heavy atom. The maximum absolute atomic E-state index is 14.7. The molecule has 7 heteroatoms. The van der Waals surface area contributed by atoms with E-state index in [1.54, 1.807) is 37.2 Å². The van der Waals surface area contributed by atoms with Gasteiger partial charge in [0.25, 0.3) is 5.91 Å². The lowest BCUT2D eigenvalue weighted by Crippen LogP contribution is -2.48. The number of hydrogen-bond acceptors (Lipinski definition) is 2. The molecule has 0 aromatic heterocycles. The zero-order valence-electron chi connectivity index (χ0n) is 17.5. The van der Waals surface area contributed by atoms with Crippen molar-refractivity contribution in [3.63, 3.8) is 0 Å². The molecule has 0 heterocycles. The molecule has 2 aromatic rings. The SMILES string of the molecule is [C-]#[N+]c1ccc(NC(=S)N(c2ccc(C(=O)N(C)C)c(F)c2)C(C)(C)C)cc1C. The number of carbonyl (C=O) groups is 1. The molecule has 1 amide bonds. The largest absolute Gasteiger partial charge is 0.345 e. The number of carbonyl (C=O) groups excluding carboxylic acids is 1. The molecule has 0 aliphatic heterocycles. The highest BCUT2D eigenvalue weighted by atomic mass is 32.1. The highest BCUT2D eigenvalue weighted by molar-refractivity contribution is 7.80. The van der Waals surface area contributed by atoms with Crippen molar-refractivity contribution in [2.24, 2.45) is 0 Å². The van der Waals surface area contributed by atoms with Gasteiger partial charge in [0.15, 0.2) is 10.8 Å². The second-order valence-corrected chi connectivity index (χ2v) is 8.30. The number of aryl methyl sites for hydroxylation is 1. The van der Waals surface area contributed by atoms with Gasteiger partial charge in [-0.15, -0.1) is 0 Å². The van der Waals surface area contributed by atoms with Gasteiger partial charge in [0.2, 0.25) is 0 Å². The van der Waals surface area contributed by atoms with Crippen molar-refractivity contribution in [3.8, 4) is 0 Å². The summed E-state index contributed by atoms with van der Waals surface area (Å²) < 4.78 is 14.7. The lowest BCUT2D eigenvalue weighted by molar-refractivity contribution is 0.0823. The predicted molar refractivity (Wildman–Crippen MR) is 120 cm³/mol. The Kier molecular flexibility index (Phi) is 6.60.